The van der Waals surface area contributed by atoms with Crippen LogP contribution in [0.1, 0.15) is 5.69 Å². The van der Waals surface area contributed by atoms with E-state index < -0.39 is 0 Å². The summed E-state index contributed by atoms with van der Waals surface area (Å²) in [4.78, 5) is 3.79. The lowest BCUT2D eigenvalue weighted by atomic mass is 10.3. The molecule has 3 nitrogen and oxygen atoms in total. The molecule has 0 saturated heterocycles. The highest BCUT2D eigenvalue weighted by Crippen LogP contribution is 2.15. The molecular weight excluding hydrogens is 245 g/mol. The zero-order valence-corrected chi connectivity index (χ0v) is 7.24. The number of aliphatic hydroxyl groups excluding tert-OH is 1. The van der Waals surface area contributed by atoms with Crippen molar-refractivity contribution in [1.29, 1.82) is 0 Å². The second kappa shape index (κ2) is 3.16. The van der Waals surface area contributed by atoms with E-state index in [-0.39, 0.29) is 12.4 Å². The summed E-state index contributed by atoms with van der Waals surface area (Å²) in [7, 11) is 0. The number of hydrogen-bond acceptors (Lipinski definition) is 3. The monoisotopic (exact) mass is 251 g/mol. The molecule has 0 aliphatic rings. The zero-order chi connectivity index (χ0) is 7.56. The second-order valence-electron chi connectivity index (χ2n) is 1.78. The first-order valence-electron chi connectivity index (χ1n) is 2.68. The van der Waals surface area contributed by atoms with Crippen LogP contribution in [-0.4, -0.2) is 15.2 Å². The van der Waals surface area contributed by atoms with Gasteiger partial charge in [-0.2, -0.15) is 0 Å². The molecule has 2 N–H and O–H groups in total. The van der Waals surface area contributed by atoms with Crippen LogP contribution >= 0.6 is 22.6 Å². The first kappa shape index (κ1) is 7.74. The molecule has 0 unspecified atom stereocenters. The number of nitrogens with zero attached hydrogens (tertiary/aromatic N) is 1. The molecule has 1 aromatic rings. The summed E-state index contributed by atoms with van der Waals surface area (Å²) in [6.45, 7) is -0.0848. The van der Waals surface area contributed by atoms with E-state index >= 15 is 0 Å². The molecule has 1 aromatic heterocycles. The number of rotatable bonds is 1. The first-order chi connectivity index (χ1) is 4.74. The molecule has 10 heavy (non-hydrogen) atoms. The summed E-state index contributed by atoms with van der Waals surface area (Å²) in [5, 5.41) is 17.5. The van der Waals surface area contributed by atoms with Gasteiger partial charge in [0.05, 0.1) is 18.5 Å². The third-order valence-electron chi connectivity index (χ3n) is 1.05. The Hall–Kier alpha value is -0.360. The standard InChI is InChI=1S/C6H6INO2/c7-5-1-4(10)2-8-6(5)3-9/h1-2,9-10H,3H2. The number of hydrogen-bond donors (Lipinski definition) is 2. The van der Waals surface area contributed by atoms with Crippen LogP contribution in [0.3, 0.4) is 0 Å². The number of halogens is 1. The Kier molecular flexibility index (Phi) is 2.44. The molecule has 0 spiro atoms. The molecule has 54 valence electrons. The highest BCUT2D eigenvalue weighted by Gasteiger charge is 1.99. The van der Waals surface area contributed by atoms with E-state index in [0.717, 1.165) is 3.57 Å². The van der Waals surface area contributed by atoms with Gasteiger partial charge in [0.2, 0.25) is 0 Å². The number of aromatic nitrogens is 1. The zero-order valence-electron chi connectivity index (χ0n) is 5.08. The van der Waals surface area contributed by atoms with E-state index in [9.17, 15) is 0 Å². The minimum absolute atomic E-state index is 0.0848. The van der Waals surface area contributed by atoms with Crippen molar-refractivity contribution in [2.75, 3.05) is 0 Å². The molecule has 1 rings (SSSR count). The van der Waals surface area contributed by atoms with Crippen molar-refractivity contribution in [1.82, 2.24) is 4.98 Å². The van der Waals surface area contributed by atoms with Gasteiger partial charge in [-0.3, -0.25) is 4.98 Å². The van der Waals surface area contributed by atoms with E-state index in [4.69, 9.17) is 10.2 Å². The van der Waals surface area contributed by atoms with Gasteiger partial charge in [-0.05, 0) is 28.7 Å². The number of pyridine rings is 1. The van der Waals surface area contributed by atoms with E-state index in [1.54, 1.807) is 6.07 Å². The van der Waals surface area contributed by atoms with Gasteiger partial charge in [-0.25, -0.2) is 0 Å². The Labute approximate surface area is 71.9 Å². The Morgan fingerprint density at radius 2 is 2.30 bits per heavy atom. The molecule has 4 heteroatoms. The van der Waals surface area contributed by atoms with Crippen molar-refractivity contribution in [2.45, 2.75) is 6.61 Å². The van der Waals surface area contributed by atoms with Crippen molar-refractivity contribution >= 4 is 22.6 Å². The smallest absolute Gasteiger partial charge is 0.134 e. The van der Waals surface area contributed by atoms with Crippen molar-refractivity contribution in [2.24, 2.45) is 0 Å². The van der Waals surface area contributed by atoms with E-state index in [1.807, 2.05) is 22.6 Å². The predicted octanol–water partition coefficient (Wildman–Crippen LogP) is 0.884. The lowest BCUT2D eigenvalue weighted by Gasteiger charge is -1.98. The van der Waals surface area contributed by atoms with E-state index in [1.165, 1.54) is 6.20 Å². The molecule has 0 bridgehead atoms. The molecule has 0 fully saturated rings. The maximum absolute atomic E-state index is 8.88. The molecule has 0 aliphatic heterocycles. The summed E-state index contributed by atoms with van der Waals surface area (Å²) in [5.41, 5.74) is 0.596. The highest BCUT2D eigenvalue weighted by molar-refractivity contribution is 14.1. The average Bonchev–Trinajstić information content (AvgIpc) is 1.88. The quantitative estimate of drug-likeness (QED) is 0.728. The van der Waals surface area contributed by atoms with Crippen LogP contribution in [0.25, 0.3) is 0 Å². The van der Waals surface area contributed by atoms with Crippen molar-refractivity contribution in [3.05, 3.63) is 21.5 Å². The molecular formula is C6H6INO2. The summed E-state index contributed by atoms with van der Waals surface area (Å²) in [5.74, 6) is 0.126. The van der Waals surface area contributed by atoms with Crippen molar-refractivity contribution in [3.63, 3.8) is 0 Å². The minimum Gasteiger partial charge on any atom is -0.506 e. The summed E-state index contributed by atoms with van der Waals surface area (Å²) >= 11 is 2.00. The van der Waals surface area contributed by atoms with Crippen LogP contribution in [0.15, 0.2) is 12.3 Å². The molecule has 0 aliphatic carbocycles. The molecule has 0 amide bonds. The predicted molar refractivity (Wildman–Crippen MR) is 44.5 cm³/mol. The highest BCUT2D eigenvalue weighted by atomic mass is 127. The van der Waals surface area contributed by atoms with Crippen LogP contribution in [0.4, 0.5) is 0 Å². The Bertz CT molecular complexity index is 239. The maximum Gasteiger partial charge on any atom is 0.134 e. The average molecular weight is 251 g/mol. The van der Waals surface area contributed by atoms with Crippen molar-refractivity contribution < 1.29 is 10.2 Å². The fourth-order valence-corrected chi connectivity index (χ4v) is 1.20. The lowest BCUT2D eigenvalue weighted by Crippen LogP contribution is -1.91. The van der Waals surface area contributed by atoms with Gasteiger partial charge in [0, 0.05) is 3.57 Å². The van der Waals surface area contributed by atoms with Gasteiger partial charge in [0.25, 0.3) is 0 Å². The van der Waals surface area contributed by atoms with Gasteiger partial charge in [0.1, 0.15) is 5.75 Å². The third-order valence-corrected chi connectivity index (χ3v) is 1.99. The van der Waals surface area contributed by atoms with Gasteiger partial charge in [0.15, 0.2) is 0 Å². The first-order valence-corrected chi connectivity index (χ1v) is 3.76. The summed E-state index contributed by atoms with van der Waals surface area (Å²) in [6.07, 6.45) is 1.31. The van der Waals surface area contributed by atoms with Gasteiger partial charge < -0.3 is 10.2 Å². The molecule has 1 heterocycles. The van der Waals surface area contributed by atoms with Crippen LogP contribution in [-0.2, 0) is 6.61 Å². The Balaban J connectivity index is 3.07. The third kappa shape index (κ3) is 1.57. The summed E-state index contributed by atoms with van der Waals surface area (Å²) in [6, 6.07) is 1.55. The molecule has 0 radical (unpaired) electrons. The van der Waals surface area contributed by atoms with Crippen LogP contribution in [0, 0.1) is 3.57 Å². The van der Waals surface area contributed by atoms with Gasteiger partial charge in [-0.15, -0.1) is 0 Å². The lowest BCUT2D eigenvalue weighted by molar-refractivity contribution is 0.275. The number of aliphatic hydroxyl groups is 1. The topological polar surface area (TPSA) is 53.4 Å². The van der Waals surface area contributed by atoms with Gasteiger partial charge in [-0.1, -0.05) is 0 Å². The Morgan fingerprint density at radius 1 is 1.60 bits per heavy atom. The molecule has 0 atom stereocenters. The SMILES string of the molecule is OCc1ncc(O)cc1I. The maximum atomic E-state index is 8.88. The Morgan fingerprint density at radius 3 is 2.80 bits per heavy atom. The van der Waals surface area contributed by atoms with E-state index in [2.05, 4.69) is 4.98 Å². The molecule has 0 saturated carbocycles. The summed E-state index contributed by atoms with van der Waals surface area (Å²) < 4.78 is 0.778. The van der Waals surface area contributed by atoms with Crippen LogP contribution in [0.5, 0.6) is 5.75 Å². The van der Waals surface area contributed by atoms with Crippen LogP contribution < -0.4 is 0 Å². The fraction of sp³-hybridized carbons (Fsp3) is 0.167. The van der Waals surface area contributed by atoms with Crippen LogP contribution in [0.2, 0.25) is 0 Å². The largest absolute Gasteiger partial charge is 0.506 e. The van der Waals surface area contributed by atoms with Crippen molar-refractivity contribution in [3.8, 4) is 5.75 Å². The number of aromatic hydroxyl groups is 1. The minimum atomic E-state index is -0.0848. The van der Waals surface area contributed by atoms with E-state index in [0.29, 0.717) is 5.69 Å². The van der Waals surface area contributed by atoms with Gasteiger partial charge >= 0.3 is 0 Å². The fourth-order valence-electron chi connectivity index (χ4n) is 0.572. The second-order valence-corrected chi connectivity index (χ2v) is 2.94. The molecule has 0 aromatic carbocycles. The normalized spacial score (nSPS) is 9.80.